The molecular formula is C30H59N2+. The van der Waals surface area contributed by atoms with Gasteiger partial charge >= 0.3 is 0 Å². The van der Waals surface area contributed by atoms with Gasteiger partial charge in [-0.2, -0.15) is 0 Å². The second-order valence-corrected chi connectivity index (χ2v) is 10.3. The van der Waals surface area contributed by atoms with Crippen LogP contribution in [-0.4, -0.2) is 4.98 Å². The molecule has 32 heavy (non-hydrogen) atoms. The highest BCUT2D eigenvalue weighted by Crippen LogP contribution is 2.25. The number of imidazole rings is 1. The van der Waals surface area contributed by atoms with Crippen LogP contribution in [0.5, 0.6) is 0 Å². The predicted molar refractivity (Wildman–Crippen MR) is 142 cm³/mol. The molecule has 2 nitrogen and oxygen atoms in total. The number of H-pyrrole nitrogens is 1. The van der Waals surface area contributed by atoms with Gasteiger partial charge in [-0.1, -0.05) is 143 Å². The molecule has 0 unspecified atom stereocenters. The minimum atomic E-state index is 0.729. The van der Waals surface area contributed by atoms with Crippen LogP contribution < -0.4 is 4.57 Å². The number of nitrogens with one attached hydrogen (secondary N) is 1. The molecule has 188 valence electrons. The molecule has 0 amide bonds. The first-order chi connectivity index (χ1) is 15.8. The maximum atomic E-state index is 3.57. The van der Waals surface area contributed by atoms with Crippen molar-refractivity contribution in [1.82, 2.24) is 4.98 Å². The molecule has 0 aliphatic carbocycles. The van der Waals surface area contributed by atoms with Crippen LogP contribution in [-0.2, 0) is 6.54 Å². The Hall–Kier alpha value is -0.790. The van der Waals surface area contributed by atoms with E-state index in [2.05, 4.69) is 42.7 Å². The summed E-state index contributed by atoms with van der Waals surface area (Å²) in [6.07, 6.45) is 35.7. The first-order valence-corrected chi connectivity index (χ1v) is 14.9. The summed E-state index contributed by atoms with van der Waals surface area (Å²) in [6, 6.07) is 0. The van der Waals surface area contributed by atoms with Crippen LogP contribution in [0.3, 0.4) is 0 Å². The Kier molecular flexibility index (Phi) is 20.1. The fourth-order valence-electron chi connectivity index (χ4n) is 5.15. The Bertz CT molecular complexity index is 493. The normalized spacial score (nSPS) is 12.5. The van der Waals surface area contributed by atoms with E-state index in [1.54, 1.807) is 0 Å². The Balaban J connectivity index is 1.97. The fraction of sp³-hybridized carbons (Fsp3) is 0.900. The molecule has 0 fully saturated rings. The Morgan fingerprint density at radius 1 is 0.562 bits per heavy atom. The van der Waals surface area contributed by atoms with Gasteiger partial charge in [0.1, 0.15) is 12.4 Å². The molecule has 0 bridgehead atoms. The molecule has 0 saturated heterocycles. The zero-order valence-corrected chi connectivity index (χ0v) is 22.4. The number of nitrogens with zero attached hydrogens (tertiary/aromatic N) is 1. The van der Waals surface area contributed by atoms with Gasteiger partial charge in [-0.3, -0.25) is 0 Å². The van der Waals surface area contributed by atoms with E-state index < -0.39 is 0 Å². The number of hydrogen-bond acceptors (Lipinski definition) is 0. The summed E-state index contributed by atoms with van der Waals surface area (Å²) in [5, 5.41) is 0. The number of aryl methyl sites for hydroxylation is 1. The van der Waals surface area contributed by atoms with Crippen LogP contribution in [0.2, 0.25) is 0 Å². The van der Waals surface area contributed by atoms with Crippen LogP contribution >= 0.6 is 0 Å². The van der Waals surface area contributed by atoms with E-state index in [1.165, 1.54) is 147 Å². The molecule has 1 aromatic rings. The van der Waals surface area contributed by atoms with Gasteiger partial charge in [0, 0.05) is 0 Å². The fourth-order valence-corrected chi connectivity index (χ4v) is 5.15. The highest BCUT2D eigenvalue weighted by Gasteiger charge is 2.21. The largest absolute Gasteiger partial charge is 0.257 e. The zero-order valence-electron chi connectivity index (χ0n) is 22.4. The van der Waals surface area contributed by atoms with E-state index in [1.807, 2.05) is 0 Å². The van der Waals surface area contributed by atoms with Crippen molar-refractivity contribution in [2.75, 3.05) is 0 Å². The van der Waals surface area contributed by atoms with E-state index in [0.29, 0.717) is 0 Å². The third-order valence-corrected chi connectivity index (χ3v) is 7.21. The summed E-state index contributed by atoms with van der Waals surface area (Å²) in [6.45, 7) is 8.06. The second-order valence-electron chi connectivity index (χ2n) is 10.3. The maximum Gasteiger partial charge on any atom is 0.257 e. The van der Waals surface area contributed by atoms with Gasteiger partial charge in [-0.25, -0.2) is 9.55 Å². The van der Waals surface area contributed by atoms with Crippen LogP contribution in [0.15, 0.2) is 12.4 Å². The van der Waals surface area contributed by atoms with Crippen molar-refractivity contribution in [3.63, 3.8) is 0 Å². The van der Waals surface area contributed by atoms with Crippen molar-refractivity contribution in [3.05, 3.63) is 18.2 Å². The monoisotopic (exact) mass is 447 g/mol. The van der Waals surface area contributed by atoms with E-state index >= 15 is 0 Å². The van der Waals surface area contributed by atoms with Gasteiger partial charge in [-0.05, 0) is 19.3 Å². The van der Waals surface area contributed by atoms with Crippen LogP contribution in [0.1, 0.15) is 174 Å². The zero-order chi connectivity index (χ0) is 23.1. The van der Waals surface area contributed by atoms with Gasteiger partial charge < -0.3 is 0 Å². The highest BCUT2D eigenvalue weighted by molar-refractivity contribution is 4.89. The summed E-state index contributed by atoms with van der Waals surface area (Å²) in [5.74, 6) is 2.21. The van der Waals surface area contributed by atoms with E-state index in [4.69, 9.17) is 0 Å². The van der Waals surface area contributed by atoms with Crippen molar-refractivity contribution in [2.45, 2.75) is 174 Å². The molecule has 0 aliphatic rings. The average Bonchev–Trinajstić information content (AvgIpc) is 3.26. The molecule has 0 spiro atoms. The van der Waals surface area contributed by atoms with Crippen LogP contribution in [0.25, 0.3) is 0 Å². The minimum Gasteiger partial charge on any atom is -0.247 e. The summed E-state index contributed by atoms with van der Waals surface area (Å²) in [7, 11) is 0. The SMILES string of the molecule is CCCCCCCCCCCCCCCCCCC[C@H](CCCC)c1[nH]cc[n+]1CCC. The smallest absolute Gasteiger partial charge is 0.247 e. The summed E-state index contributed by atoms with van der Waals surface area (Å²) < 4.78 is 2.47. The summed E-state index contributed by atoms with van der Waals surface area (Å²) in [5.41, 5.74) is 0. The molecule has 1 heterocycles. The molecule has 0 saturated carbocycles. The summed E-state index contributed by atoms with van der Waals surface area (Å²) >= 11 is 0. The van der Waals surface area contributed by atoms with Crippen molar-refractivity contribution in [2.24, 2.45) is 0 Å². The van der Waals surface area contributed by atoms with Gasteiger partial charge in [0.25, 0.3) is 5.82 Å². The Labute approximate surface area is 202 Å². The van der Waals surface area contributed by atoms with E-state index in [0.717, 1.165) is 12.5 Å². The quantitative estimate of drug-likeness (QED) is 0.120. The first kappa shape index (κ1) is 29.2. The molecule has 1 N–H and O–H groups in total. The molecule has 1 rings (SSSR count). The van der Waals surface area contributed by atoms with Gasteiger partial charge in [0.15, 0.2) is 0 Å². The number of rotatable bonds is 24. The molecule has 1 atom stereocenters. The Morgan fingerprint density at radius 2 is 1.00 bits per heavy atom. The lowest BCUT2D eigenvalue weighted by molar-refractivity contribution is -0.704. The van der Waals surface area contributed by atoms with Crippen molar-refractivity contribution in [3.8, 4) is 0 Å². The lowest BCUT2D eigenvalue weighted by Crippen LogP contribution is -2.37. The third-order valence-electron chi connectivity index (χ3n) is 7.21. The van der Waals surface area contributed by atoms with Gasteiger partial charge in [-0.15, -0.1) is 0 Å². The van der Waals surface area contributed by atoms with Crippen molar-refractivity contribution < 1.29 is 4.57 Å². The maximum absolute atomic E-state index is 3.57. The highest BCUT2D eigenvalue weighted by atomic mass is 15.1. The summed E-state index contributed by atoms with van der Waals surface area (Å²) in [4.78, 5) is 3.57. The third kappa shape index (κ3) is 15.1. The van der Waals surface area contributed by atoms with Gasteiger partial charge in [0.2, 0.25) is 0 Å². The second kappa shape index (κ2) is 22.0. The number of aromatic amines is 1. The number of aromatic nitrogens is 2. The topological polar surface area (TPSA) is 19.7 Å². The van der Waals surface area contributed by atoms with E-state index in [-0.39, 0.29) is 0 Å². The minimum absolute atomic E-state index is 0.729. The van der Waals surface area contributed by atoms with Gasteiger partial charge in [0.05, 0.1) is 12.5 Å². The molecule has 0 radical (unpaired) electrons. The molecule has 0 aromatic carbocycles. The first-order valence-electron chi connectivity index (χ1n) is 14.9. The average molecular weight is 448 g/mol. The van der Waals surface area contributed by atoms with Crippen molar-refractivity contribution >= 4 is 0 Å². The molecule has 0 aliphatic heterocycles. The standard InChI is InChI=1S/C30H58N2/c1-4-7-9-10-11-12-13-14-15-16-17-18-19-20-21-22-23-25-29(24-8-5-2)30-31-26-28-32(30)27-6-3/h26,28-29H,4-25,27H2,1-3H3/p+1/t29-/m0/s1. The number of hydrogen-bond donors (Lipinski definition) is 1. The lowest BCUT2D eigenvalue weighted by Gasteiger charge is -2.13. The van der Waals surface area contributed by atoms with Crippen molar-refractivity contribution in [1.29, 1.82) is 0 Å². The predicted octanol–water partition coefficient (Wildman–Crippen LogP) is 10.0. The molecular weight excluding hydrogens is 388 g/mol. The molecule has 1 aromatic heterocycles. The lowest BCUT2D eigenvalue weighted by atomic mass is 9.94. The van der Waals surface area contributed by atoms with Crippen LogP contribution in [0, 0.1) is 0 Å². The number of unbranched alkanes of at least 4 members (excludes halogenated alkanes) is 17. The Morgan fingerprint density at radius 3 is 1.47 bits per heavy atom. The molecule has 2 heteroatoms. The van der Waals surface area contributed by atoms with E-state index in [9.17, 15) is 0 Å². The van der Waals surface area contributed by atoms with Crippen LogP contribution in [0.4, 0.5) is 0 Å².